The van der Waals surface area contributed by atoms with Gasteiger partial charge in [0.05, 0.1) is 35.5 Å². The van der Waals surface area contributed by atoms with Crippen LogP contribution in [0.2, 0.25) is 0 Å². The number of aliphatic hydroxyl groups excluding tert-OH is 2. The Morgan fingerprint density at radius 2 is 1.58 bits per heavy atom. The van der Waals surface area contributed by atoms with Crippen molar-refractivity contribution in [2.45, 2.75) is 132 Å². The molecule has 0 aliphatic carbocycles. The molecule has 9 rings (SSSR count). The quantitative estimate of drug-likeness (QED) is 0.0442. The number of nitrogens with zero attached hydrogens (tertiary/aromatic N) is 4. The molecule has 9 atom stereocenters. The van der Waals surface area contributed by atoms with Crippen molar-refractivity contribution in [3.05, 3.63) is 105 Å². The van der Waals surface area contributed by atoms with E-state index in [0.717, 1.165) is 76.3 Å². The lowest BCUT2D eigenvalue weighted by Gasteiger charge is -2.38. The molecule has 0 spiro atoms. The minimum Gasteiger partial charge on any atom is -0.505 e. The third kappa shape index (κ3) is 12.7. The van der Waals surface area contributed by atoms with E-state index >= 15 is 4.79 Å². The molecule has 4 bridgehead atoms. The van der Waals surface area contributed by atoms with Gasteiger partial charge in [0, 0.05) is 125 Å². The van der Waals surface area contributed by atoms with E-state index < -0.39 is 82.7 Å². The molecule has 1 aromatic heterocycles. The van der Waals surface area contributed by atoms with E-state index in [4.69, 9.17) is 33.1 Å². The van der Waals surface area contributed by atoms with Crippen LogP contribution in [0.5, 0.6) is 17.2 Å². The standard InChI is InChI=1S/C65H83N5O13/c1-35(2)30-43-20-23-70(24-21-43)46-31-48(79-34-45-18-16-44(17-19-45)33-69-27-25-68(11)26-28-69)53-49(32-46)82-62-54(66-53)50-51-58(74)41(8)61-52(50)63(76)65(10,83-61)80-29-22-47(78-12)38(5)60(81-42(9)71)40(7)57(73)39(6)56(72)36(3)14-13-15-37(4)64(77)67-55(62)59(51)75/h13-19,22,29,31-32,35-36,38-40,43,47,56-57,60,72-73,75H,20-21,23-28,30,33-34H2,1-12H3,(H,67,77)/b14-13+,29-22+,37-15-/t36-,38+,39+,40+,47-,56-,57+,60+,65-/m0/s1. The zero-order valence-electron chi connectivity index (χ0n) is 50.1. The van der Waals surface area contributed by atoms with Gasteiger partial charge in [-0.3, -0.25) is 24.1 Å². The van der Waals surface area contributed by atoms with Gasteiger partial charge in [-0.15, -0.1) is 0 Å². The van der Waals surface area contributed by atoms with E-state index in [1.807, 2.05) is 12.1 Å². The number of ether oxygens (including phenoxy) is 5. The fourth-order valence-electron chi connectivity index (χ4n) is 12.4. The molecule has 2 saturated heterocycles. The van der Waals surface area contributed by atoms with Crippen molar-refractivity contribution in [2.24, 2.45) is 35.5 Å². The average Bonchev–Trinajstić information content (AvgIpc) is 2.55. The van der Waals surface area contributed by atoms with Gasteiger partial charge in [0.25, 0.3) is 11.7 Å². The van der Waals surface area contributed by atoms with E-state index in [9.17, 15) is 29.7 Å². The molecule has 4 aromatic carbocycles. The number of esters is 1. The Hall–Kier alpha value is -6.83. The molecular weight excluding hydrogens is 1060 g/mol. The molecule has 83 heavy (non-hydrogen) atoms. The van der Waals surface area contributed by atoms with Crippen molar-refractivity contribution in [1.29, 1.82) is 0 Å². The molecule has 446 valence electrons. The first kappa shape index (κ1) is 60.8. The predicted molar refractivity (Wildman–Crippen MR) is 320 cm³/mol. The van der Waals surface area contributed by atoms with Crippen molar-refractivity contribution >= 4 is 62.0 Å². The number of phenols is 1. The number of fused-ring (bicyclic) bond motifs is 2. The van der Waals surface area contributed by atoms with Crippen molar-refractivity contribution in [2.75, 3.05) is 63.6 Å². The maximum Gasteiger partial charge on any atom is 0.312 e. The van der Waals surface area contributed by atoms with Crippen LogP contribution in [0.25, 0.3) is 33.0 Å². The van der Waals surface area contributed by atoms with Crippen LogP contribution in [0.15, 0.2) is 81.7 Å². The highest BCUT2D eigenvalue weighted by molar-refractivity contribution is 6.26. The first-order chi connectivity index (χ1) is 39.5. The van der Waals surface area contributed by atoms with Gasteiger partial charge in [0.1, 0.15) is 35.2 Å². The lowest BCUT2D eigenvalue weighted by molar-refractivity contribution is -0.160. The van der Waals surface area contributed by atoms with Crippen molar-refractivity contribution < 1.29 is 57.8 Å². The summed E-state index contributed by atoms with van der Waals surface area (Å²) in [6.07, 6.45) is 6.79. The van der Waals surface area contributed by atoms with Crippen LogP contribution in [0.3, 0.4) is 0 Å². The van der Waals surface area contributed by atoms with Crippen LogP contribution in [-0.4, -0.2) is 131 Å². The Morgan fingerprint density at radius 1 is 0.892 bits per heavy atom. The SMILES string of the molecule is CO[C@H]1/C=C/O[C@@]2(C)Oc3c(C)c(=O)c4c(O)c(c5oc6cc(N7CCC(CC(C)C)CC7)cc(OCc7ccc(CN8CCN(C)CC8)cc7)c6nc5c4c3C2=O)NC(=O)/C(C)=C\C=C\[C@H](C)[C@H](O)[C@@H](C)[C@@H](O)[C@@H](C)[C@H](OC(C)=O)[C@@H]1C. The molecule has 4 aliphatic heterocycles. The maximum absolute atomic E-state index is 15.3. The number of nitrogens with one attached hydrogen (secondary N) is 1. The van der Waals surface area contributed by atoms with Gasteiger partial charge in [-0.1, -0.05) is 84.0 Å². The summed E-state index contributed by atoms with van der Waals surface area (Å²) in [6.45, 7) is 23.9. The summed E-state index contributed by atoms with van der Waals surface area (Å²) in [7, 11) is 3.60. The second kappa shape index (κ2) is 25.2. The number of aromatic nitrogens is 1. The number of ketones is 1. The molecule has 18 heteroatoms. The van der Waals surface area contributed by atoms with Crippen LogP contribution >= 0.6 is 0 Å². The van der Waals surface area contributed by atoms with Gasteiger partial charge in [0.2, 0.25) is 0 Å². The van der Waals surface area contributed by atoms with Crippen LogP contribution in [0, 0.1) is 42.4 Å². The molecule has 4 N–H and O–H groups in total. The number of benzene rings is 4. The zero-order chi connectivity index (χ0) is 59.8. The largest absolute Gasteiger partial charge is 0.505 e. The summed E-state index contributed by atoms with van der Waals surface area (Å²) in [4.78, 5) is 69.5. The maximum atomic E-state index is 15.3. The lowest BCUT2D eigenvalue weighted by atomic mass is 9.78. The zero-order valence-corrected chi connectivity index (χ0v) is 50.1. The molecule has 4 aliphatic rings. The number of aliphatic hydroxyl groups is 2. The van der Waals surface area contributed by atoms with Gasteiger partial charge in [-0.2, -0.15) is 0 Å². The van der Waals surface area contributed by atoms with Gasteiger partial charge in [-0.05, 0) is 69.2 Å². The van der Waals surface area contributed by atoms with Crippen molar-refractivity contribution in [3.63, 3.8) is 0 Å². The van der Waals surface area contributed by atoms with E-state index in [2.05, 4.69) is 65.2 Å². The Balaban J connectivity index is 1.21. The van der Waals surface area contributed by atoms with Crippen LogP contribution in [0.4, 0.5) is 11.4 Å². The van der Waals surface area contributed by atoms with Gasteiger partial charge in [0.15, 0.2) is 28.1 Å². The Bertz CT molecular complexity index is 3390. The monoisotopic (exact) mass is 1140 g/mol. The van der Waals surface area contributed by atoms with E-state index in [1.54, 1.807) is 46.8 Å². The minimum atomic E-state index is -2.09. The fourth-order valence-corrected chi connectivity index (χ4v) is 12.4. The summed E-state index contributed by atoms with van der Waals surface area (Å²) in [5.74, 6) is -5.85. The number of methoxy groups -OCH3 is 1. The van der Waals surface area contributed by atoms with Gasteiger partial charge in [-0.25, -0.2) is 4.98 Å². The smallest absolute Gasteiger partial charge is 0.312 e. The third-order valence-electron chi connectivity index (χ3n) is 17.6. The molecule has 5 aromatic rings. The first-order valence-electron chi connectivity index (χ1n) is 29.3. The number of phenolic OH excluding ortho intramolecular Hbond substituents is 1. The van der Waals surface area contributed by atoms with E-state index in [0.29, 0.717) is 17.6 Å². The van der Waals surface area contributed by atoms with Gasteiger partial charge < -0.3 is 58.5 Å². The molecule has 0 radical (unpaired) electrons. The highest BCUT2D eigenvalue weighted by Crippen LogP contribution is 2.49. The summed E-state index contributed by atoms with van der Waals surface area (Å²) in [5, 5.41) is 38.3. The number of carbonyl (C=O) groups is 3. The topological polar surface area (TPSA) is 223 Å². The van der Waals surface area contributed by atoms with Crippen molar-refractivity contribution in [1.82, 2.24) is 14.8 Å². The number of piperidine rings is 1. The van der Waals surface area contributed by atoms with E-state index in [-0.39, 0.29) is 67.7 Å². The summed E-state index contributed by atoms with van der Waals surface area (Å²) < 4.78 is 38.1. The number of rotatable bonds is 10. The number of piperazine rings is 1. The number of allylic oxidation sites excluding steroid dienone is 2. The fraction of sp³-hybridized carbons (Fsp3) is 0.523. The lowest BCUT2D eigenvalue weighted by Crippen LogP contribution is -2.46. The summed E-state index contributed by atoms with van der Waals surface area (Å²) >= 11 is 0. The Labute approximate surface area is 486 Å². The van der Waals surface area contributed by atoms with Gasteiger partial charge >= 0.3 is 11.8 Å². The number of aromatic hydroxyl groups is 1. The molecule has 0 saturated carbocycles. The molecular formula is C65H83N5O13. The number of Topliss-reactive ketones (excluding diaryl/α,β-unsaturated/α-hetero) is 1. The Kier molecular flexibility index (Phi) is 18.4. The number of amides is 1. The average molecular weight is 1140 g/mol. The summed E-state index contributed by atoms with van der Waals surface area (Å²) in [6, 6.07) is 12.2. The molecule has 2 fully saturated rings. The normalized spacial score (nSPS) is 27.8. The minimum absolute atomic E-state index is 0.0142. The molecule has 5 heterocycles. The number of likely N-dealkylation sites (N-methyl/N-ethyl adjacent to an activating group) is 1. The van der Waals surface area contributed by atoms with Crippen molar-refractivity contribution in [3.8, 4) is 17.2 Å². The summed E-state index contributed by atoms with van der Waals surface area (Å²) in [5.41, 5.74) is 2.38. The number of hydrogen-bond donors (Lipinski definition) is 4. The third-order valence-corrected chi connectivity index (χ3v) is 17.6. The predicted octanol–water partition coefficient (Wildman–Crippen LogP) is 9.59. The van der Waals surface area contributed by atoms with Crippen LogP contribution < -0.4 is 25.1 Å². The first-order valence-corrected chi connectivity index (χ1v) is 29.3. The molecule has 1 amide bonds. The number of hydrogen-bond acceptors (Lipinski definition) is 17. The van der Waals surface area contributed by atoms with Crippen LogP contribution in [-0.2, 0) is 37.0 Å². The second-order valence-electron chi connectivity index (χ2n) is 24.3. The van der Waals surface area contributed by atoms with Crippen LogP contribution in [0.1, 0.15) is 109 Å². The molecule has 18 nitrogen and oxygen atoms in total. The number of anilines is 2. The second-order valence-corrected chi connectivity index (χ2v) is 24.3. The highest BCUT2D eigenvalue weighted by atomic mass is 16.7. The van der Waals surface area contributed by atoms with E-state index in [1.165, 1.54) is 51.9 Å². The Morgan fingerprint density at radius 3 is 2.24 bits per heavy atom. The highest BCUT2D eigenvalue weighted by Gasteiger charge is 2.50. The molecule has 0 unspecified atom stereocenters. The number of carbonyl (C=O) groups excluding carboxylic acids is 3.